The molecule has 1 aliphatic heterocycles. The molecule has 1 fully saturated rings. The van der Waals surface area contributed by atoms with E-state index < -0.39 is 0 Å². The summed E-state index contributed by atoms with van der Waals surface area (Å²) in [5.74, 6) is 0.687. The van der Waals surface area contributed by atoms with Crippen LogP contribution >= 0.6 is 0 Å². The quantitative estimate of drug-likeness (QED) is 0.892. The molecular weight excluding hydrogens is 284 g/mol. The van der Waals surface area contributed by atoms with Gasteiger partial charge in [-0.05, 0) is 38.0 Å². The Balaban J connectivity index is 2.08. The molecule has 120 valence electrons. The highest BCUT2D eigenvalue weighted by Gasteiger charge is 2.26. The van der Waals surface area contributed by atoms with Crippen molar-refractivity contribution >= 4 is 11.8 Å². The normalized spacial score (nSPS) is 15.5. The average Bonchev–Trinajstić information content (AvgIpc) is 2.55. The van der Waals surface area contributed by atoms with Crippen molar-refractivity contribution in [1.82, 2.24) is 4.90 Å². The zero-order valence-electron chi connectivity index (χ0n) is 13.0. The molecule has 0 saturated carbocycles. The van der Waals surface area contributed by atoms with Gasteiger partial charge in [-0.25, -0.2) is 0 Å². The first kappa shape index (κ1) is 16.1. The molecule has 1 heterocycles. The first-order valence-corrected chi connectivity index (χ1v) is 7.46. The predicted octanol–water partition coefficient (Wildman–Crippen LogP) is 1.43. The van der Waals surface area contributed by atoms with Gasteiger partial charge in [-0.3, -0.25) is 9.59 Å². The van der Waals surface area contributed by atoms with Crippen LogP contribution in [0.15, 0.2) is 18.2 Å². The SMILES string of the molecule is CCOc1ccc(C(=O)N2CCC(C(N)=O)CC2)cc1OC. The van der Waals surface area contributed by atoms with Gasteiger partial charge in [0.25, 0.3) is 5.91 Å². The third-order valence-electron chi connectivity index (χ3n) is 3.89. The molecule has 1 aromatic carbocycles. The summed E-state index contributed by atoms with van der Waals surface area (Å²) in [7, 11) is 1.55. The van der Waals surface area contributed by atoms with Crippen LogP contribution in [0.4, 0.5) is 0 Å². The van der Waals surface area contributed by atoms with Crippen LogP contribution in [-0.2, 0) is 4.79 Å². The lowest BCUT2D eigenvalue weighted by molar-refractivity contribution is -0.123. The maximum Gasteiger partial charge on any atom is 0.253 e. The molecule has 0 spiro atoms. The third kappa shape index (κ3) is 3.50. The molecule has 1 aromatic rings. The standard InChI is InChI=1S/C16H22N2O4/c1-3-22-13-5-4-12(10-14(13)21-2)16(20)18-8-6-11(7-9-18)15(17)19/h4-5,10-11H,3,6-9H2,1-2H3,(H2,17,19). The molecule has 6 nitrogen and oxygen atoms in total. The van der Waals surface area contributed by atoms with E-state index in [1.165, 1.54) is 0 Å². The maximum atomic E-state index is 12.5. The van der Waals surface area contributed by atoms with Gasteiger partial charge in [0.15, 0.2) is 11.5 Å². The number of methoxy groups -OCH3 is 1. The number of nitrogens with two attached hydrogens (primary N) is 1. The van der Waals surface area contributed by atoms with Crippen LogP contribution in [0.1, 0.15) is 30.1 Å². The highest BCUT2D eigenvalue weighted by molar-refractivity contribution is 5.95. The molecular formula is C16H22N2O4. The van der Waals surface area contributed by atoms with Crippen LogP contribution in [0.3, 0.4) is 0 Å². The van der Waals surface area contributed by atoms with Crippen molar-refractivity contribution in [3.63, 3.8) is 0 Å². The number of hydrogen-bond donors (Lipinski definition) is 1. The molecule has 0 aliphatic carbocycles. The Morgan fingerprint density at radius 2 is 1.95 bits per heavy atom. The number of hydrogen-bond acceptors (Lipinski definition) is 4. The Labute approximate surface area is 130 Å². The highest BCUT2D eigenvalue weighted by Crippen LogP contribution is 2.29. The van der Waals surface area contributed by atoms with Gasteiger partial charge in [0.2, 0.25) is 5.91 Å². The van der Waals surface area contributed by atoms with E-state index >= 15 is 0 Å². The first-order valence-electron chi connectivity index (χ1n) is 7.46. The van der Waals surface area contributed by atoms with Crippen molar-refractivity contribution in [3.8, 4) is 11.5 Å². The summed E-state index contributed by atoms with van der Waals surface area (Å²) in [5.41, 5.74) is 5.86. The second kappa shape index (κ2) is 7.15. The van der Waals surface area contributed by atoms with Gasteiger partial charge in [-0.1, -0.05) is 0 Å². The molecule has 0 atom stereocenters. The van der Waals surface area contributed by atoms with Gasteiger partial charge in [0, 0.05) is 24.6 Å². The molecule has 1 saturated heterocycles. The van der Waals surface area contributed by atoms with Crippen LogP contribution in [-0.4, -0.2) is 43.5 Å². The molecule has 0 unspecified atom stereocenters. The summed E-state index contributed by atoms with van der Waals surface area (Å²) in [5, 5.41) is 0. The van der Waals surface area contributed by atoms with E-state index in [1.807, 2.05) is 6.92 Å². The summed E-state index contributed by atoms with van der Waals surface area (Å²) in [6.45, 7) is 3.51. The van der Waals surface area contributed by atoms with Crippen LogP contribution in [0.5, 0.6) is 11.5 Å². The minimum Gasteiger partial charge on any atom is -0.493 e. The number of carbonyl (C=O) groups is 2. The number of benzene rings is 1. The topological polar surface area (TPSA) is 81.9 Å². The maximum absolute atomic E-state index is 12.5. The second-order valence-corrected chi connectivity index (χ2v) is 5.27. The third-order valence-corrected chi connectivity index (χ3v) is 3.89. The average molecular weight is 306 g/mol. The lowest BCUT2D eigenvalue weighted by Crippen LogP contribution is -2.41. The fraction of sp³-hybridized carbons (Fsp3) is 0.500. The molecule has 22 heavy (non-hydrogen) atoms. The van der Waals surface area contributed by atoms with Gasteiger partial charge in [0.1, 0.15) is 0 Å². The first-order chi connectivity index (χ1) is 10.6. The van der Waals surface area contributed by atoms with Crippen molar-refractivity contribution in [1.29, 1.82) is 0 Å². The van der Waals surface area contributed by atoms with E-state index in [-0.39, 0.29) is 17.7 Å². The molecule has 1 aliphatic rings. The number of nitrogens with zero attached hydrogens (tertiary/aromatic N) is 1. The zero-order chi connectivity index (χ0) is 16.1. The Bertz CT molecular complexity index is 551. The van der Waals surface area contributed by atoms with Crippen molar-refractivity contribution in [3.05, 3.63) is 23.8 Å². The Hall–Kier alpha value is -2.24. The van der Waals surface area contributed by atoms with E-state index in [9.17, 15) is 9.59 Å². The Kier molecular flexibility index (Phi) is 5.25. The summed E-state index contributed by atoms with van der Waals surface area (Å²) in [6.07, 6.45) is 1.24. The minimum absolute atomic E-state index is 0.0655. The summed E-state index contributed by atoms with van der Waals surface area (Å²) in [4.78, 5) is 25.4. The van der Waals surface area contributed by atoms with E-state index in [1.54, 1.807) is 30.2 Å². The lowest BCUT2D eigenvalue weighted by Gasteiger charge is -2.30. The molecule has 0 aromatic heterocycles. The van der Waals surface area contributed by atoms with Crippen LogP contribution in [0.2, 0.25) is 0 Å². The Morgan fingerprint density at radius 1 is 1.27 bits per heavy atom. The monoisotopic (exact) mass is 306 g/mol. The van der Waals surface area contributed by atoms with E-state index in [0.29, 0.717) is 49.6 Å². The Morgan fingerprint density at radius 3 is 2.50 bits per heavy atom. The van der Waals surface area contributed by atoms with Crippen LogP contribution < -0.4 is 15.2 Å². The summed E-state index contributed by atoms with van der Waals surface area (Å²) in [6, 6.07) is 5.16. The van der Waals surface area contributed by atoms with Gasteiger partial charge in [-0.2, -0.15) is 0 Å². The van der Waals surface area contributed by atoms with Crippen molar-refractivity contribution < 1.29 is 19.1 Å². The molecule has 2 amide bonds. The van der Waals surface area contributed by atoms with Crippen LogP contribution in [0, 0.1) is 5.92 Å². The van der Waals surface area contributed by atoms with E-state index in [2.05, 4.69) is 0 Å². The smallest absolute Gasteiger partial charge is 0.253 e. The minimum atomic E-state index is -0.283. The summed E-state index contributed by atoms with van der Waals surface area (Å²) >= 11 is 0. The summed E-state index contributed by atoms with van der Waals surface area (Å²) < 4.78 is 10.7. The van der Waals surface area contributed by atoms with E-state index in [4.69, 9.17) is 15.2 Å². The molecule has 0 bridgehead atoms. The number of carbonyl (C=O) groups excluding carboxylic acids is 2. The number of likely N-dealkylation sites (tertiary alicyclic amines) is 1. The van der Waals surface area contributed by atoms with Crippen molar-refractivity contribution in [2.45, 2.75) is 19.8 Å². The van der Waals surface area contributed by atoms with Gasteiger partial charge in [0.05, 0.1) is 13.7 Å². The van der Waals surface area contributed by atoms with Crippen molar-refractivity contribution in [2.24, 2.45) is 11.7 Å². The number of ether oxygens (including phenoxy) is 2. The molecule has 2 rings (SSSR count). The molecule has 2 N–H and O–H groups in total. The van der Waals surface area contributed by atoms with Gasteiger partial charge >= 0.3 is 0 Å². The zero-order valence-corrected chi connectivity index (χ0v) is 13.0. The predicted molar refractivity (Wildman–Crippen MR) is 82.0 cm³/mol. The van der Waals surface area contributed by atoms with Gasteiger partial charge in [-0.15, -0.1) is 0 Å². The number of rotatable bonds is 5. The fourth-order valence-corrected chi connectivity index (χ4v) is 2.63. The number of piperidine rings is 1. The number of amides is 2. The molecule has 0 radical (unpaired) electrons. The molecule has 6 heteroatoms. The van der Waals surface area contributed by atoms with Crippen LogP contribution in [0.25, 0.3) is 0 Å². The second-order valence-electron chi connectivity index (χ2n) is 5.27. The van der Waals surface area contributed by atoms with Crippen molar-refractivity contribution in [2.75, 3.05) is 26.8 Å². The largest absolute Gasteiger partial charge is 0.493 e. The lowest BCUT2D eigenvalue weighted by atomic mass is 9.96. The fourth-order valence-electron chi connectivity index (χ4n) is 2.63. The van der Waals surface area contributed by atoms with E-state index in [0.717, 1.165) is 0 Å². The van der Waals surface area contributed by atoms with Gasteiger partial charge < -0.3 is 20.1 Å². The highest BCUT2D eigenvalue weighted by atomic mass is 16.5. The number of primary amides is 1.